The lowest BCUT2D eigenvalue weighted by Crippen LogP contribution is -2.35. The van der Waals surface area contributed by atoms with Gasteiger partial charge in [0, 0.05) is 12.3 Å². The molecule has 0 rings (SSSR count). The van der Waals surface area contributed by atoms with Gasteiger partial charge in [0.2, 0.25) is 12.3 Å². The number of hydrogen-bond donors (Lipinski definition) is 3. The molecule has 5 heteroatoms. The maximum atomic E-state index is 12.9. The number of amides is 1. The van der Waals surface area contributed by atoms with Gasteiger partial charge in [-0.25, -0.2) is 4.39 Å². The van der Waals surface area contributed by atoms with E-state index in [1.54, 1.807) is 6.08 Å². The number of alkyl halides is 1. The molecule has 0 aliphatic heterocycles. The summed E-state index contributed by atoms with van der Waals surface area (Å²) >= 11 is 0. The van der Waals surface area contributed by atoms with E-state index < -0.39 is 12.3 Å². The average molecular weight is 215 g/mol. The van der Waals surface area contributed by atoms with Crippen molar-refractivity contribution in [2.75, 3.05) is 6.54 Å². The van der Waals surface area contributed by atoms with E-state index in [1.807, 2.05) is 13.8 Å². The fraction of sp³-hybridized carbons (Fsp3) is 0.500. The van der Waals surface area contributed by atoms with Crippen LogP contribution in [0.15, 0.2) is 23.9 Å². The smallest absolute Gasteiger partial charge is 0.241 e. The van der Waals surface area contributed by atoms with Gasteiger partial charge in [-0.05, 0) is 18.5 Å². The highest BCUT2D eigenvalue weighted by molar-refractivity contribution is 5.86. The summed E-state index contributed by atoms with van der Waals surface area (Å²) in [6.07, 6.45) is 3.74. The summed E-state index contributed by atoms with van der Waals surface area (Å²) in [6.45, 7) is 4.26. The highest BCUT2D eigenvalue weighted by Gasteiger charge is 1.98. The number of nitrogens with one attached hydrogen (secondary N) is 2. The van der Waals surface area contributed by atoms with Crippen LogP contribution in [0.4, 0.5) is 4.39 Å². The van der Waals surface area contributed by atoms with Gasteiger partial charge in [0.05, 0.1) is 0 Å². The maximum absolute atomic E-state index is 12.9. The largest absolute Gasteiger partial charge is 0.366 e. The van der Waals surface area contributed by atoms with Crippen molar-refractivity contribution < 1.29 is 9.18 Å². The lowest BCUT2D eigenvalue weighted by atomic mass is 10.2. The Kier molecular flexibility index (Phi) is 7.27. The Morgan fingerprint density at radius 2 is 2.13 bits per heavy atom. The van der Waals surface area contributed by atoms with Crippen LogP contribution in [0.5, 0.6) is 0 Å². The molecule has 0 aromatic heterocycles. The minimum atomic E-state index is -1.28. The van der Waals surface area contributed by atoms with E-state index in [4.69, 9.17) is 5.73 Å². The summed E-state index contributed by atoms with van der Waals surface area (Å²) in [7, 11) is 0. The van der Waals surface area contributed by atoms with E-state index in [9.17, 15) is 9.18 Å². The Morgan fingerprint density at radius 1 is 1.47 bits per heavy atom. The molecule has 1 amide bonds. The highest BCUT2D eigenvalue weighted by Crippen LogP contribution is 2.00. The molecule has 0 aliphatic rings. The SMILES string of the molecule is CCNC(F)N/C=C(/C=C/C(N)=O)CC. The van der Waals surface area contributed by atoms with Crippen LogP contribution in [0.1, 0.15) is 20.3 Å². The van der Waals surface area contributed by atoms with Crippen molar-refractivity contribution >= 4 is 5.91 Å². The van der Waals surface area contributed by atoms with Gasteiger partial charge in [-0.1, -0.05) is 19.9 Å². The summed E-state index contributed by atoms with van der Waals surface area (Å²) in [5, 5.41) is 5.07. The van der Waals surface area contributed by atoms with Crippen LogP contribution in [-0.4, -0.2) is 18.9 Å². The van der Waals surface area contributed by atoms with Crippen molar-refractivity contribution in [2.24, 2.45) is 5.73 Å². The van der Waals surface area contributed by atoms with Gasteiger partial charge in [-0.15, -0.1) is 0 Å². The Bertz CT molecular complexity index is 251. The van der Waals surface area contributed by atoms with E-state index in [1.165, 1.54) is 12.3 Å². The van der Waals surface area contributed by atoms with Crippen LogP contribution >= 0.6 is 0 Å². The van der Waals surface area contributed by atoms with Gasteiger partial charge in [0.15, 0.2) is 0 Å². The molecule has 4 N–H and O–H groups in total. The molecule has 1 atom stereocenters. The average Bonchev–Trinajstić information content (AvgIpc) is 2.18. The Hall–Kier alpha value is -1.36. The molecule has 1 unspecified atom stereocenters. The molecule has 0 bridgehead atoms. The van der Waals surface area contributed by atoms with Crippen LogP contribution in [-0.2, 0) is 4.79 Å². The number of halogens is 1. The molecule has 4 nitrogen and oxygen atoms in total. The number of carbonyl (C=O) groups is 1. The van der Waals surface area contributed by atoms with Crippen LogP contribution in [0.3, 0.4) is 0 Å². The lowest BCUT2D eigenvalue weighted by Gasteiger charge is -2.09. The normalized spacial score (nSPS) is 14.2. The van der Waals surface area contributed by atoms with Gasteiger partial charge < -0.3 is 11.1 Å². The molecule has 0 fully saturated rings. The number of primary amides is 1. The first-order chi connectivity index (χ1) is 7.10. The predicted octanol–water partition coefficient (Wildman–Crippen LogP) is 0.774. The zero-order chi connectivity index (χ0) is 11.7. The van der Waals surface area contributed by atoms with Gasteiger partial charge >= 0.3 is 0 Å². The molecule has 0 aromatic rings. The predicted molar refractivity (Wildman–Crippen MR) is 58.4 cm³/mol. The monoisotopic (exact) mass is 215 g/mol. The van der Waals surface area contributed by atoms with Crippen LogP contribution in [0.2, 0.25) is 0 Å². The van der Waals surface area contributed by atoms with E-state index in [0.29, 0.717) is 13.0 Å². The van der Waals surface area contributed by atoms with Crippen molar-refractivity contribution in [1.29, 1.82) is 0 Å². The van der Waals surface area contributed by atoms with Crippen molar-refractivity contribution in [2.45, 2.75) is 26.7 Å². The Morgan fingerprint density at radius 3 is 2.60 bits per heavy atom. The number of nitrogens with two attached hydrogens (primary N) is 1. The molecule has 0 aliphatic carbocycles. The summed E-state index contributed by atoms with van der Waals surface area (Å²) in [5.41, 5.74) is 5.74. The summed E-state index contributed by atoms with van der Waals surface area (Å²) in [5.74, 6) is -0.516. The van der Waals surface area contributed by atoms with Gasteiger partial charge in [-0.2, -0.15) is 0 Å². The summed E-state index contributed by atoms with van der Waals surface area (Å²) in [4.78, 5) is 10.5. The molecule has 0 saturated heterocycles. The van der Waals surface area contributed by atoms with E-state index >= 15 is 0 Å². The molecular weight excluding hydrogens is 197 g/mol. The Balaban J connectivity index is 4.15. The molecule has 0 saturated carbocycles. The maximum Gasteiger partial charge on any atom is 0.241 e. The van der Waals surface area contributed by atoms with Crippen LogP contribution < -0.4 is 16.4 Å². The molecule has 0 aromatic carbocycles. The summed E-state index contributed by atoms with van der Waals surface area (Å²) in [6, 6.07) is 0. The summed E-state index contributed by atoms with van der Waals surface area (Å²) < 4.78 is 12.9. The van der Waals surface area contributed by atoms with Gasteiger partial charge in [0.1, 0.15) is 0 Å². The standard InChI is InChI=1S/C10H18FN3O/c1-3-8(5-6-9(12)15)7-14-10(11)13-4-2/h5-7,10,13-14H,3-4H2,1-2H3,(H2,12,15)/b6-5+,8-7+. The first-order valence-electron chi connectivity index (χ1n) is 4.90. The van der Waals surface area contributed by atoms with Gasteiger partial charge in [-0.3, -0.25) is 10.1 Å². The second kappa shape index (κ2) is 7.99. The molecule has 0 heterocycles. The van der Waals surface area contributed by atoms with E-state index in [0.717, 1.165) is 5.57 Å². The first-order valence-corrected chi connectivity index (χ1v) is 4.90. The van der Waals surface area contributed by atoms with Crippen molar-refractivity contribution in [1.82, 2.24) is 10.6 Å². The minimum Gasteiger partial charge on any atom is -0.366 e. The first kappa shape index (κ1) is 13.6. The van der Waals surface area contributed by atoms with Gasteiger partial charge in [0.25, 0.3) is 0 Å². The second-order valence-electron chi connectivity index (χ2n) is 2.90. The third-order valence-corrected chi connectivity index (χ3v) is 1.67. The highest BCUT2D eigenvalue weighted by atomic mass is 19.1. The van der Waals surface area contributed by atoms with Crippen LogP contribution in [0, 0.1) is 0 Å². The van der Waals surface area contributed by atoms with Crippen molar-refractivity contribution in [3.05, 3.63) is 23.9 Å². The zero-order valence-electron chi connectivity index (χ0n) is 9.09. The quantitative estimate of drug-likeness (QED) is 0.254. The van der Waals surface area contributed by atoms with Crippen molar-refractivity contribution in [3.8, 4) is 0 Å². The lowest BCUT2D eigenvalue weighted by molar-refractivity contribution is -0.113. The Labute approximate surface area is 89.4 Å². The van der Waals surface area contributed by atoms with E-state index in [-0.39, 0.29) is 0 Å². The second-order valence-corrected chi connectivity index (χ2v) is 2.90. The topological polar surface area (TPSA) is 67.2 Å². The molecule has 0 radical (unpaired) electrons. The van der Waals surface area contributed by atoms with Crippen molar-refractivity contribution in [3.63, 3.8) is 0 Å². The number of carbonyl (C=O) groups excluding carboxylic acids is 1. The number of rotatable bonds is 7. The number of hydrogen-bond acceptors (Lipinski definition) is 3. The molecular formula is C10H18FN3O. The number of allylic oxidation sites excluding steroid dienone is 2. The van der Waals surface area contributed by atoms with Crippen LogP contribution in [0.25, 0.3) is 0 Å². The fourth-order valence-electron chi connectivity index (χ4n) is 0.876. The fourth-order valence-corrected chi connectivity index (χ4v) is 0.876. The minimum absolute atomic E-state index is 0.516. The molecule has 15 heavy (non-hydrogen) atoms. The zero-order valence-corrected chi connectivity index (χ0v) is 9.09. The third-order valence-electron chi connectivity index (χ3n) is 1.67. The molecule has 0 spiro atoms. The van der Waals surface area contributed by atoms with E-state index in [2.05, 4.69) is 10.6 Å². The molecule has 86 valence electrons. The third kappa shape index (κ3) is 7.69.